The molecule has 0 spiro atoms. The lowest BCUT2D eigenvalue weighted by Gasteiger charge is -2.18. The van der Waals surface area contributed by atoms with Crippen molar-refractivity contribution in [3.63, 3.8) is 0 Å². The SMILES string of the molecule is COc1ccc(CN2CC(C(=O)c3cn(Cc4ccccc4F)c4ccccc34)CC2=O)c(OC)c1. The van der Waals surface area contributed by atoms with Gasteiger partial charge in [-0.25, -0.2) is 4.39 Å². The number of likely N-dealkylation sites (tertiary alicyclic amines) is 1. The fourth-order valence-electron chi connectivity index (χ4n) is 4.89. The topological polar surface area (TPSA) is 60.8 Å². The minimum Gasteiger partial charge on any atom is -0.497 e. The third kappa shape index (κ3) is 4.44. The molecule has 1 aromatic heterocycles. The molecule has 7 heteroatoms. The highest BCUT2D eigenvalue weighted by molar-refractivity contribution is 6.10. The molecular weight excluding hydrogens is 459 g/mol. The highest BCUT2D eigenvalue weighted by Crippen LogP contribution is 2.31. The Morgan fingerprint density at radius 2 is 1.75 bits per heavy atom. The van der Waals surface area contributed by atoms with E-state index in [1.54, 1.807) is 49.6 Å². The van der Waals surface area contributed by atoms with Crippen LogP contribution in [0.2, 0.25) is 0 Å². The number of para-hydroxylation sites is 1. The Kier molecular flexibility index (Phi) is 6.46. The highest BCUT2D eigenvalue weighted by Gasteiger charge is 2.36. The zero-order valence-corrected chi connectivity index (χ0v) is 20.2. The van der Waals surface area contributed by atoms with Gasteiger partial charge in [0.05, 0.1) is 20.8 Å². The van der Waals surface area contributed by atoms with Crippen LogP contribution in [-0.4, -0.2) is 41.9 Å². The first-order valence-electron chi connectivity index (χ1n) is 11.8. The van der Waals surface area contributed by atoms with Crippen molar-refractivity contribution in [1.29, 1.82) is 0 Å². The van der Waals surface area contributed by atoms with E-state index in [1.807, 2.05) is 41.0 Å². The van der Waals surface area contributed by atoms with Gasteiger partial charge in [0.15, 0.2) is 5.78 Å². The maximum absolute atomic E-state index is 14.3. The number of fused-ring (bicyclic) bond motifs is 1. The van der Waals surface area contributed by atoms with Gasteiger partial charge in [-0.1, -0.05) is 36.4 Å². The number of Topliss-reactive ketones (excluding diaryl/α,β-unsaturated/α-hetero) is 1. The van der Waals surface area contributed by atoms with Crippen molar-refractivity contribution in [2.75, 3.05) is 20.8 Å². The predicted molar refractivity (Wildman–Crippen MR) is 135 cm³/mol. The molecule has 184 valence electrons. The molecule has 4 aromatic rings. The van der Waals surface area contributed by atoms with Crippen molar-refractivity contribution in [1.82, 2.24) is 9.47 Å². The Labute approximate surface area is 208 Å². The summed E-state index contributed by atoms with van der Waals surface area (Å²) >= 11 is 0. The molecule has 0 saturated carbocycles. The summed E-state index contributed by atoms with van der Waals surface area (Å²) in [6.45, 7) is 0.998. The largest absolute Gasteiger partial charge is 0.497 e. The van der Waals surface area contributed by atoms with Gasteiger partial charge in [-0.2, -0.15) is 0 Å². The molecule has 3 aromatic carbocycles. The first-order chi connectivity index (χ1) is 17.5. The van der Waals surface area contributed by atoms with Gasteiger partial charge < -0.3 is 18.9 Å². The molecule has 0 bridgehead atoms. The van der Waals surface area contributed by atoms with E-state index < -0.39 is 5.92 Å². The number of hydrogen-bond acceptors (Lipinski definition) is 4. The van der Waals surface area contributed by atoms with E-state index in [0.717, 1.165) is 16.5 Å². The Bertz CT molecular complexity index is 1440. The van der Waals surface area contributed by atoms with Crippen molar-refractivity contribution >= 4 is 22.6 Å². The molecule has 6 nitrogen and oxygen atoms in total. The molecule has 1 aliphatic rings. The molecule has 0 radical (unpaired) electrons. The van der Waals surface area contributed by atoms with Crippen molar-refractivity contribution in [3.8, 4) is 11.5 Å². The summed E-state index contributed by atoms with van der Waals surface area (Å²) in [6.07, 6.45) is 1.95. The van der Waals surface area contributed by atoms with E-state index in [9.17, 15) is 14.0 Å². The van der Waals surface area contributed by atoms with E-state index in [4.69, 9.17) is 9.47 Å². The Morgan fingerprint density at radius 1 is 0.972 bits per heavy atom. The van der Waals surface area contributed by atoms with Crippen molar-refractivity contribution in [2.45, 2.75) is 19.5 Å². The summed E-state index contributed by atoms with van der Waals surface area (Å²) in [7, 11) is 3.16. The fraction of sp³-hybridized carbons (Fsp3) is 0.241. The number of nitrogens with zero attached hydrogens (tertiary/aromatic N) is 2. The van der Waals surface area contributed by atoms with Crippen LogP contribution in [0.4, 0.5) is 4.39 Å². The molecule has 0 aliphatic carbocycles. The van der Waals surface area contributed by atoms with Crippen LogP contribution < -0.4 is 9.47 Å². The van der Waals surface area contributed by atoms with E-state index in [1.165, 1.54) is 6.07 Å². The van der Waals surface area contributed by atoms with Crippen molar-refractivity contribution in [2.24, 2.45) is 5.92 Å². The van der Waals surface area contributed by atoms with Crippen LogP contribution in [0.25, 0.3) is 10.9 Å². The van der Waals surface area contributed by atoms with Crippen molar-refractivity contribution < 1.29 is 23.5 Å². The van der Waals surface area contributed by atoms with E-state index >= 15 is 0 Å². The number of ether oxygens (including phenoxy) is 2. The lowest BCUT2D eigenvalue weighted by molar-refractivity contribution is -0.128. The van der Waals surface area contributed by atoms with Crippen molar-refractivity contribution in [3.05, 3.63) is 95.4 Å². The summed E-state index contributed by atoms with van der Waals surface area (Å²) in [5, 5.41) is 0.807. The predicted octanol–water partition coefficient (Wildman–Crippen LogP) is 5.08. The van der Waals surface area contributed by atoms with Gasteiger partial charge in [0.2, 0.25) is 5.91 Å². The molecule has 1 amide bonds. The van der Waals surface area contributed by atoms with Crippen LogP contribution in [-0.2, 0) is 17.9 Å². The first kappa shape index (κ1) is 23.6. The van der Waals surface area contributed by atoms with Crippen LogP contribution >= 0.6 is 0 Å². The molecular formula is C29H27FN2O4. The van der Waals surface area contributed by atoms with Crippen LogP contribution in [0.15, 0.2) is 72.9 Å². The maximum Gasteiger partial charge on any atom is 0.223 e. The monoisotopic (exact) mass is 486 g/mol. The van der Waals surface area contributed by atoms with Gasteiger partial charge in [-0.05, 0) is 24.3 Å². The van der Waals surface area contributed by atoms with E-state index in [2.05, 4.69) is 0 Å². The number of amides is 1. The average Bonchev–Trinajstić information content (AvgIpc) is 3.45. The highest BCUT2D eigenvalue weighted by atomic mass is 19.1. The number of carbonyl (C=O) groups is 2. The summed E-state index contributed by atoms with van der Waals surface area (Å²) in [5.41, 5.74) is 2.81. The quantitative estimate of drug-likeness (QED) is 0.326. The van der Waals surface area contributed by atoms with Gasteiger partial charge >= 0.3 is 0 Å². The van der Waals surface area contributed by atoms with Gasteiger partial charge in [0, 0.05) is 65.3 Å². The molecule has 5 rings (SSSR count). The molecule has 1 aliphatic heterocycles. The normalized spacial score (nSPS) is 15.5. The molecule has 36 heavy (non-hydrogen) atoms. The Hall–Kier alpha value is -4.13. The van der Waals surface area contributed by atoms with Crippen LogP contribution in [0.3, 0.4) is 0 Å². The molecule has 1 fully saturated rings. The number of halogens is 1. The lowest BCUT2D eigenvalue weighted by atomic mass is 9.96. The number of ketones is 1. The number of aromatic nitrogens is 1. The minimum atomic E-state index is -0.450. The third-order valence-electron chi connectivity index (χ3n) is 6.79. The minimum absolute atomic E-state index is 0.0682. The standard InChI is InChI=1S/C29H27FN2O4/c1-35-22-12-11-20(27(14-22)36-2)16-32-17-21(13-28(32)33)29(34)24-18-31(26-10-6-4-8-23(24)26)15-19-7-3-5-9-25(19)30/h3-12,14,18,21H,13,15-17H2,1-2H3. The second kappa shape index (κ2) is 9.85. The van der Waals surface area contributed by atoms with Gasteiger partial charge in [-0.3, -0.25) is 9.59 Å². The number of benzene rings is 3. The summed E-state index contributed by atoms with van der Waals surface area (Å²) in [4.78, 5) is 28.2. The summed E-state index contributed by atoms with van der Waals surface area (Å²) < 4.78 is 26.9. The lowest BCUT2D eigenvalue weighted by Crippen LogP contribution is -2.26. The zero-order valence-electron chi connectivity index (χ0n) is 20.2. The molecule has 2 heterocycles. The van der Waals surface area contributed by atoms with Crippen LogP contribution in [0, 0.1) is 11.7 Å². The Balaban J connectivity index is 1.39. The van der Waals surface area contributed by atoms with Crippen LogP contribution in [0.1, 0.15) is 27.9 Å². The Morgan fingerprint density at radius 3 is 2.53 bits per heavy atom. The number of carbonyl (C=O) groups excluding carboxylic acids is 2. The second-order valence-electron chi connectivity index (χ2n) is 9.00. The number of rotatable bonds is 8. The first-order valence-corrected chi connectivity index (χ1v) is 11.8. The third-order valence-corrected chi connectivity index (χ3v) is 6.79. The molecule has 1 atom stereocenters. The average molecular weight is 487 g/mol. The van der Waals surface area contributed by atoms with Gasteiger partial charge in [0.1, 0.15) is 17.3 Å². The van der Waals surface area contributed by atoms with E-state index in [0.29, 0.717) is 42.3 Å². The molecule has 1 unspecified atom stereocenters. The number of hydrogen-bond donors (Lipinski definition) is 0. The molecule has 0 N–H and O–H groups in total. The van der Waals surface area contributed by atoms with Gasteiger partial charge in [0.25, 0.3) is 0 Å². The van der Waals surface area contributed by atoms with Crippen LogP contribution in [0.5, 0.6) is 11.5 Å². The fourth-order valence-corrected chi connectivity index (χ4v) is 4.89. The maximum atomic E-state index is 14.3. The second-order valence-corrected chi connectivity index (χ2v) is 9.00. The smallest absolute Gasteiger partial charge is 0.223 e. The zero-order chi connectivity index (χ0) is 25.2. The summed E-state index contributed by atoms with van der Waals surface area (Å²) in [5.74, 6) is 0.428. The van der Waals surface area contributed by atoms with E-state index in [-0.39, 0.29) is 23.9 Å². The van der Waals surface area contributed by atoms with Gasteiger partial charge in [-0.15, -0.1) is 0 Å². The molecule has 1 saturated heterocycles. The number of methoxy groups -OCH3 is 2. The summed E-state index contributed by atoms with van der Waals surface area (Å²) in [6, 6.07) is 19.7.